The van der Waals surface area contributed by atoms with Crippen LogP contribution in [0.2, 0.25) is 0 Å². The van der Waals surface area contributed by atoms with Crippen LogP contribution in [0.5, 0.6) is 0 Å². The van der Waals surface area contributed by atoms with Gasteiger partial charge in [0.15, 0.2) is 0 Å². The number of benzene rings is 1. The summed E-state index contributed by atoms with van der Waals surface area (Å²) in [5.74, 6) is -1.89. The summed E-state index contributed by atoms with van der Waals surface area (Å²) in [6.07, 6.45) is 2.92. The van der Waals surface area contributed by atoms with Crippen LogP contribution in [-0.2, 0) is 4.79 Å². The van der Waals surface area contributed by atoms with Gasteiger partial charge >= 0.3 is 5.97 Å². The third-order valence-electron chi connectivity index (χ3n) is 3.85. The highest BCUT2D eigenvalue weighted by molar-refractivity contribution is 5.96. The van der Waals surface area contributed by atoms with E-state index in [1.807, 2.05) is 6.07 Å². The van der Waals surface area contributed by atoms with Crippen molar-refractivity contribution in [3.63, 3.8) is 0 Å². The van der Waals surface area contributed by atoms with E-state index in [1.165, 1.54) is 11.2 Å². The molecule has 0 bridgehead atoms. The fraction of sp³-hybridized carbons (Fsp3) is 0.250. The van der Waals surface area contributed by atoms with Crippen LogP contribution in [0.25, 0.3) is 11.1 Å². The minimum Gasteiger partial charge on any atom is -0.479 e. The van der Waals surface area contributed by atoms with E-state index >= 15 is 0 Å². The van der Waals surface area contributed by atoms with Crippen LogP contribution in [0.4, 0.5) is 4.39 Å². The number of hydrogen-bond acceptors (Lipinski definition) is 3. The normalized spacial score (nSPS) is 21.0. The maximum absolute atomic E-state index is 14.1. The molecule has 0 spiro atoms. The topological polar surface area (TPSA) is 70.8 Å². The first-order chi connectivity index (χ1) is 10.5. The minimum absolute atomic E-state index is 0.0948. The van der Waals surface area contributed by atoms with Crippen LogP contribution in [-0.4, -0.2) is 40.6 Å². The largest absolute Gasteiger partial charge is 0.479 e. The second-order valence-electron chi connectivity index (χ2n) is 5.34. The zero-order valence-corrected chi connectivity index (χ0v) is 11.7. The van der Waals surface area contributed by atoms with Crippen LogP contribution < -0.4 is 0 Å². The Kier molecular flexibility index (Phi) is 3.44. The number of nitrogens with zero attached hydrogens (tertiary/aromatic N) is 1. The van der Waals surface area contributed by atoms with E-state index in [0.717, 1.165) is 11.1 Å². The Hall–Kier alpha value is -2.63. The van der Waals surface area contributed by atoms with E-state index in [0.29, 0.717) is 5.56 Å². The number of carbonyl (C=O) groups excluding carboxylic acids is 1. The number of amides is 1. The number of halogens is 1. The molecule has 0 saturated carbocycles. The maximum Gasteiger partial charge on any atom is 0.343 e. The summed E-state index contributed by atoms with van der Waals surface area (Å²) in [7, 11) is 0. The smallest absolute Gasteiger partial charge is 0.343 e. The molecular formula is C16H14FNO4. The fourth-order valence-electron chi connectivity index (χ4n) is 2.56. The molecule has 1 aliphatic rings. The highest BCUT2D eigenvalue weighted by atomic mass is 19.1. The Morgan fingerprint density at radius 1 is 1.27 bits per heavy atom. The minimum atomic E-state index is -2.35. The molecular weight excluding hydrogens is 289 g/mol. The quantitative estimate of drug-likeness (QED) is 0.946. The van der Waals surface area contributed by atoms with Crippen LogP contribution in [0.3, 0.4) is 0 Å². The van der Waals surface area contributed by atoms with Crippen molar-refractivity contribution in [1.82, 2.24) is 4.90 Å². The number of hydrogen-bond donors (Lipinski definition) is 1. The van der Waals surface area contributed by atoms with Crippen molar-refractivity contribution in [1.29, 1.82) is 0 Å². The van der Waals surface area contributed by atoms with Crippen molar-refractivity contribution >= 4 is 11.9 Å². The molecule has 1 aromatic carbocycles. The number of aliphatic carboxylic acids is 1. The second kappa shape index (κ2) is 5.29. The summed E-state index contributed by atoms with van der Waals surface area (Å²) in [5, 5.41) is 8.89. The van der Waals surface area contributed by atoms with Crippen LogP contribution in [0, 0.1) is 0 Å². The Labute approximate surface area is 126 Å². The predicted molar refractivity (Wildman–Crippen MR) is 76.1 cm³/mol. The summed E-state index contributed by atoms with van der Waals surface area (Å²) >= 11 is 0. The average Bonchev–Trinajstić information content (AvgIpc) is 3.17. The maximum atomic E-state index is 14.1. The van der Waals surface area contributed by atoms with Gasteiger partial charge in [0, 0.05) is 24.1 Å². The predicted octanol–water partition coefficient (Wildman–Crippen LogP) is 2.59. The lowest BCUT2D eigenvalue weighted by Crippen LogP contribution is -2.38. The first-order valence-electron chi connectivity index (χ1n) is 6.84. The van der Waals surface area contributed by atoms with Gasteiger partial charge in [-0.3, -0.25) is 4.79 Å². The van der Waals surface area contributed by atoms with Crippen molar-refractivity contribution < 1.29 is 23.5 Å². The Bertz CT molecular complexity index is 713. The van der Waals surface area contributed by atoms with Crippen LogP contribution in [0.1, 0.15) is 16.8 Å². The van der Waals surface area contributed by atoms with Gasteiger partial charge in [-0.05, 0) is 23.8 Å². The monoisotopic (exact) mass is 303 g/mol. The van der Waals surface area contributed by atoms with Crippen LogP contribution >= 0.6 is 0 Å². The lowest BCUT2D eigenvalue weighted by atomic mass is 10.1. The molecule has 0 unspecified atom stereocenters. The molecule has 2 aromatic rings. The van der Waals surface area contributed by atoms with Gasteiger partial charge in [-0.25, -0.2) is 9.18 Å². The summed E-state index contributed by atoms with van der Waals surface area (Å²) in [6.45, 7) is -0.325. The molecule has 1 amide bonds. The molecule has 2 heterocycles. The van der Waals surface area contributed by atoms with Gasteiger partial charge in [-0.1, -0.05) is 12.1 Å². The Morgan fingerprint density at radius 2 is 2.09 bits per heavy atom. The molecule has 5 nitrogen and oxygen atoms in total. The number of rotatable bonds is 3. The zero-order chi connectivity index (χ0) is 15.7. The molecule has 1 N–H and O–H groups in total. The number of carboxylic acids is 1. The van der Waals surface area contributed by atoms with Crippen LogP contribution in [0.15, 0.2) is 47.3 Å². The van der Waals surface area contributed by atoms with E-state index in [4.69, 9.17) is 9.52 Å². The highest BCUT2D eigenvalue weighted by Crippen LogP contribution is 2.28. The Balaban J connectivity index is 1.82. The van der Waals surface area contributed by atoms with E-state index in [9.17, 15) is 14.0 Å². The first kappa shape index (κ1) is 14.3. The molecule has 1 saturated heterocycles. The fourth-order valence-corrected chi connectivity index (χ4v) is 2.56. The molecule has 0 radical (unpaired) electrons. The summed E-state index contributed by atoms with van der Waals surface area (Å²) in [4.78, 5) is 24.6. The zero-order valence-electron chi connectivity index (χ0n) is 11.7. The molecule has 3 rings (SSSR count). The van der Waals surface area contributed by atoms with E-state index < -0.39 is 18.2 Å². The SMILES string of the molecule is O=C(c1cccc(-c2ccoc2)c1)N1CC[C@](F)(C(=O)O)C1. The Morgan fingerprint density at radius 3 is 2.73 bits per heavy atom. The number of furan rings is 1. The third kappa shape index (κ3) is 2.47. The van der Waals surface area contributed by atoms with Crippen molar-refractivity contribution in [3.05, 3.63) is 48.4 Å². The van der Waals surface area contributed by atoms with Crippen molar-refractivity contribution in [2.75, 3.05) is 13.1 Å². The summed E-state index contributed by atoms with van der Waals surface area (Å²) in [5.41, 5.74) is -0.309. The average molecular weight is 303 g/mol. The molecule has 1 aliphatic heterocycles. The molecule has 1 atom stereocenters. The van der Waals surface area contributed by atoms with Crippen molar-refractivity contribution in [2.24, 2.45) is 0 Å². The number of carboxylic acid groups (broad SMARTS) is 1. The molecule has 0 aliphatic carbocycles. The van der Waals surface area contributed by atoms with Gasteiger partial charge in [-0.15, -0.1) is 0 Å². The third-order valence-corrected chi connectivity index (χ3v) is 3.85. The van der Waals surface area contributed by atoms with Gasteiger partial charge in [0.1, 0.15) is 0 Å². The summed E-state index contributed by atoms with van der Waals surface area (Å²) in [6, 6.07) is 8.65. The van der Waals surface area contributed by atoms with Crippen molar-refractivity contribution in [3.8, 4) is 11.1 Å². The van der Waals surface area contributed by atoms with Gasteiger partial charge in [0.05, 0.1) is 19.1 Å². The number of likely N-dealkylation sites (tertiary alicyclic amines) is 1. The van der Waals surface area contributed by atoms with Gasteiger partial charge in [0.25, 0.3) is 5.91 Å². The first-order valence-corrected chi connectivity index (χ1v) is 6.84. The lowest BCUT2D eigenvalue weighted by molar-refractivity contribution is -0.149. The van der Waals surface area contributed by atoms with Gasteiger partial charge in [0.2, 0.25) is 5.67 Å². The molecule has 1 aromatic heterocycles. The second-order valence-corrected chi connectivity index (χ2v) is 5.34. The molecule has 1 fully saturated rings. The molecule has 22 heavy (non-hydrogen) atoms. The number of alkyl halides is 1. The lowest BCUT2D eigenvalue weighted by Gasteiger charge is -2.18. The summed E-state index contributed by atoms with van der Waals surface area (Å²) < 4.78 is 19.1. The van der Waals surface area contributed by atoms with E-state index in [1.54, 1.807) is 30.5 Å². The van der Waals surface area contributed by atoms with E-state index in [-0.39, 0.29) is 18.9 Å². The van der Waals surface area contributed by atoms with Gasteiger partial charge in [-0.2, -0.15) is 0 Å². The van der Waals surface area contributed by atoms with Crippen molar-refractivity contribution in [2.45, 2.75) is 12.1 Å². The standard InChI is InChI=1S/C16H14FNO4/c17-16(15(20)21)5-6-18(10-16)14(19)12-3-1-2-11(8-12)13-4-7-22-9-13/h1-4,7-9H,5-6,10H2,(H,20,21)/t16-/m1/s1. The highest BCUT2D eigenvalue weighted by Gasteiger charge is 2.46. The van der Waals surface area contributed by atoms with Gasteiger partial charge < -0.3 is 14.4 Å². The molecule has 114 valence electrons. The molecule has 6 heteroatoms. The van der Waals surface area contributed by atoms with E-state index in [2.05, 4.69) is 0 Å². The number of carbonyl (C=O) groups is 2.